The van der Waals surface area contributed by atoms with Gasteiger partial charge in [-0.25, -0.2) is 0 Å². The molecule has 0 radical (unpaired) electrons. The molecule has 27 heteroatoms. The number of aliphatic hydroxyl groups excluding tert-OH is 2. The number of likely N-dealkylation sites (tertiary alicyclic amines) is 1. The number of hydrogen-bond acceptors (Lipinski definition) is 14. The number of aliphatic hydroxyl groups is 2. The molecule has 2 saturated heterocycles. The summed E-state index contributed by atoms with van der Waals surface area (Å²) in [6.45, 7) is 17.8. The van der Waals surface area contributed by atoms with E-state index in [4.69, 9.17) is 11.6 Å². The molecule has 2 heterocycles. The molecule has 0 spiro atoms. The number of nitrogens with one attached hydrogen (secondary N) is 4. The number of amides is 12. The molecule has 13 atom stereocenters. The molecule has 0 aromatic carbocycles. The Kier molecular flexibility index (Phi) is 37.0. The quantitative estimate of drug-likeness (QED) is 0.0653. The van der Waals surface area contributed by atoms with Gasteiger partial charge in [0.2, 0.25) is 70.9 Å². The highest BCUT2D eigenvalue weighted by Gasteiger charge is 2.45. The van der Waals surface area contributed by atoms with Crippen LogP contribution < -0.4 is 21.3 Å². The van der Waals surface area contributed by atoms with Gasteiger partial charge in [-0.1, -0.05) is 107 Å². The SMILES string of the molecule is CC[C@H]1C(=O)N[C@@H](CCCCO)C(=O)N(C)[C@@H](CC(C)C)C(=O)N(C)[C@@H](CC2CCCC(Cl)C2)C(=O)N[C@@H](CC(C)C)C(=O)N(C)[C@@H](CCC2CCCCC2)C(=O)N(C)[C@@H](CC(C)C)C(=O)N[C@@H]([C@@H](C)O)C(=O)N(C)CC(=O)N(C)[C@@H](CC(C)C)C(=O)N[C@H](C(=O)N2CCCCC2)CC(=O)N1C. The minimum Gasteiger partial charge on any atom is -0.396 e. The molecule has 0 aromatic rings. The van der Waals surface area contributed by atoms with Crippen LogP contribution in [0.2, 0.25) is 0 Å². The molecule has 582 valence electrons. The molecule has 0 aromatic heterocycles. The van der Waals surface area contributed by atoms with Gasteiger partial charge in [-0.05, 0) is 145 Å². The highest BCUT2D eigenvalue weighted by molar-refractivity contribution is 6.20. The number of alkyl halides is 1. The van der Waals surface area contributed by atoms with Crippen LogP contribution >= 0.6 is 11.6 Å². The molecule has 2 saturated carbocycles. The first-order chi connectivity index (χ1) is 47.9. The maximum Gasteiger partial charge on any atom is 0.248 e. The van der Waals surface area contributed by atoms with Crippen LogP contribution in [0.5, 0.6) is 0 Å². The number of unbranched alkanes of at least 4 members (excludes halogenated alkanes) is 1. The fraction of sp³-hybridized carbons (Fsp3) is 0.840. The minimum absolute atomic E-state index is 0.0209. The highest BCUT2D eigenvalue weighted by atomic mass is 35.5. The van der Waals surface area contributed by atoms with E-state index in [1.54, 1.807) is 11.8 Å². The molecule has 0 bridgehead atoms. The smallest absolute Gasteiger partial charge is 0.248 e. The third-order valence-electron chi connectivity index (χ3n) is 21.4. The second kappa shape index (κ2) is 42.7. The van der Waals surface area contributed by atoms with Gasteiger partial charge in [0, 0.05) is 74.4 Å². The number of carbonyl (C=O) groups excluding carboxylic acids is 12. The van der Waals surface area contributed by atoms with Gasteiger partial charge in [-0.3, -0.25) is 57.5 Å². The van der Waals surface area contributed by atoms with Gasteiger partial charge < -0.3 is 70.7 Å². The Labute approximate surface area is 614 Å². The van der Waals surface area contributed by atoms with Gasteiger partial charge in [-0.15, -0.1) is 11.6 Å². The summed E-state index contributed by atoms with van der Waals surface area (Å²) < 4.78 is 0. The van der Waals surface area contributed by atoms with Gasteiger partial charge in [0.1, 0.15) is 60.4 Å². The number of likely N-dealkylation sites (N-methyl/N-ethyl adjacent to an activating group) is 7. The van der Waals surface area contributed by atoms with Crippen molar-refractivity contribution < 1.29 is 67.7 Å². The summed E-state index contributed by atoms with van der Waals surface area (Å²) in [4.78, 5) is 191. The molecule has 6 N–H and O–H groups in total. The average molecular weight is 1460 g/mol. The van der Waals surface area contributed by atoms with E-state index in [0.29, 0.717) is 45.2 Å². The number of piperidine rings is 1. The van der Waals surface area contributed by atoms with Gasteiger partial charge in [0.25, 0.3) is 0 Å². The predicted octanol–water partition coefficient (Wildman–Crippen LogP) is 5.45. The number of nitrogens with zero attached hydrogens (tertiary/aromatic N) is 8. The van der Waals surface area contributed by atoms with Crippen LogP contribution in [0.4, 0.5) is 0 Å². The fourth-order valence-corrected chi connectivity index (χ4v) is 15.5. The van der Waals surface area contributed by atoms with Crippen molar-refractivity contribution in [1.29, 1.82) is 0 Å². The predicted molar refractivity (Wildman–Crippen MR) is 393 cm³/mol. The Bertz CT molecular complexity index is 2780. The van der Waals surface area contributed by atoms with Gasteiger partial charge >= 0.3 is 0 Å². The Balaban J connectivity index is 1.98. The first-order valence-corrected chi connectivity index (χ1v) is 38.7. The summed E-state index contributed by atoms with van der Waals surface area (Å²) in [7, 11) is 10.0. The molecule has 12 amide bonds. The van der Waals surface area contributed by atoms with E-state index in [0.717, 1.165) is 61.2 Å². The van der Waals surface area contributed by atoms with E-state index in [2.05, 4.69) is 21.3 Å². The number of halogens is 1. The van der Waals surface area contributed by atoms with Crippen LogP contribution in [-0.4, -0.2) is 268 Å². The second-order valence-electron chi connectivity index (χ2n) is 31.7. The zero-order valence-electron chi connectivity index (χ0n) is 64.9. The molecule has 4 aliphatic rings. The third-order valence-corrected chi connectivity index (χ3v) is 21.8. The van der Waals surface area contributed by atoms with E-state index >= 15 is 24.0 Å². The zero-order valence-corrected chi connectivity index (χ0v) is 65.7. The molecular weight excluding hydrogens is 1330 g/mol. The lowest BCUT2D eigenvalue weighted by Gasteiger charge is -2.39. The minimum atomic E-state index is -1.64. The molecule has 26 nitrogen and oxygen atoms in total. The maximum absolute atomic E-state index is 15.6. The van der Waals surface area contributed by atoms with Crippen LogP contribution in [0.1, 0.15) is 223 Å². The lowest BCUT2D eigenvalue weighted by Crippen LogP contribution is -2.62. The molecule has 2 aliphatic carbocycles. The Morgan fingerprint density at radius 3 is 1.50 bits per heavy atom. The first kappa shape index (κ1) is 88.2. The van der Waals surface area contributed by atoms with Crippen LogP contribution in [0, 0.1) is 35.5 Å². The van der Waals surface area contributed by atoms with Crippen LogP contribution in [0.3, 0.4) is 0 Å². The Morgan fingerprint density at radius 2 is 0.941 bits per heavy atom. The van der Waals surface area contributed by atoms with E-state index in [-0.39, 0.29) is 112 Å². The van der Waals surface area contributed by atoms with Crippen molar-refractivity contribution >= 4 is 82.5 Å². The third kappa shape index (κ3) is 26.2. The van der Waals surface area contributed by atoms with Crippen molar-refractivity contribution in [3.8, 4) is 0 Å². The summed E-state index contributed by atoms with van der Waals surface area (Å²) in [5.74, 6) is -8.81. The monoisotopic (exact) mass is 1460 g/mol. The number of hydrogen-bond donors (Lipinski definition) is 6. The van der Waals surface area contributed by atoms with E-state index in [1.165, 1.54) is 80.8 Å². The molecule has 2 unspecified atom stereocenters. The fourth-order valence-electron chi connectivity index (χ4n) is 15.1. The summed E-state index contributed by atoms with van der Waals surface area (Å²) in [5, 5.41) is 32.5. The van der Waals surface area contributed by atoms with Crippen LogP contribution in [0.25, 0.3) is 0 Å². The van der Waals surface area contributed by atoms with Gasteiger partial charge in [0.15, 0.2) is 0 Å². The molecular formula is C75H131ClN12O14. The second-order valence-corrected chi connectivity index (χ2v) is 32.3. The summed E-state index contributed by atoms with van der Waals surface area (Å²) in [5.41, 5.74) is 0. The van der Waals surface area contributed by atoms with Crippen LogP contribution in [-0.2, 0) is 57.5 Å². The van der Waals surface area contributed by atoms with Crippen molar-refractivity contribution in [2.45, 2.75) is 295 Å². The highest BCUT2D eigenvalue weighted by Crippen LogP contribution is 2.34. The average Bonchev–Trinajstić information content (AvgIpc) is 0.816. The molecule has 4 fully saturated rings. The maximum atomic E-state index is 15.6. The van der Waals surface area contributed by atoms with Crippen molar-refractivity contribution in [2.24, 2.45) is 35.5 Å². The summed E-state index contributed by atoms with van der Waals surface area (Å²) >= 11 is 6.82. The van der Waals surface area contributed by atoms with E-state index in [1.807, 2.05) is 55.4 Å². The van der Waals surface area contributed by atoms with E-state index < -0.39 is 150 Å². The molecule has 2 aliphatic heterocycles. The van der Waals surface area contributed by atoms with Crippen molar-refractivity contribution in [1.82, 2.24) is 60.5 Å². The first-order valence-electron chi connectivity index (χ1n) is 38.2. The standard InChI is InChI=1S/C75H131ClN12O14/c1-18-57-66(93)77-54(32-23-26-37-89)70(97)87(17)62(41-49(8)9)74(101)86(16)61(43-52-30-27-31-53(76)42-52)68(95)78-55(38-46(2)3)71(98)84(14)58(34-33-51-28-21-19-22-29-51)73(100)85(15)60(40-48(6)7)69(96)80-65(50(10)90)75(102)81(11)45-64(92)83(13)59(39-47(4)5)67(94)79-56(44-63(91)82(57)12)72(99)88-35-24-20-25-36-88/h46-62,65,89-90H,18-45H2,1-17H3,(H,77,93)(H,78,95)(H,79,94)(H,80,96)/t50-,52?,53?,54+,55+,56+,57+,58+,59+,60+,61+,62+,65+/m1/s1. The topological polar surface area (TPSA) is 319 Å². The van der Waals surface area contributed by atoms with Crippen molar-refractivity contribution in [3.63, 3.8) is 0 Å². The normalized spacial score (nSPS) is 28.3. The zero-order chi connectivity index (χ0) is 76.6. The van der Waals surface area contributed by atoms with Crippen LogP contribution in [0.15, 0.2) is 0 Å². The number of rotatable bonds is 20. The largest absolute Gasteiger partial charge is 0.396 e. The summed E-state index contributed by atoms with van der Waals surface area (Å²) in [6, 6.07) is -12.9. The molecule has 102 heavy (non-hydrogen) atoms. The van der Waals surface area contributed by atoms with Crippen molar-refractivity contribution in [2.75, 3.05) is 75.6 Å². The lowest BCUT2D eigenvalue weighted by atomic mass is 9.83. The molecule has 4 rings (SSSR count). The van der Waals surface area contributed by atoms with Crippen molar-refractivity contribution in [3.05, 3.63) is 0 Å². The lowest BCUT2D eigenvalue weighted by molar-refractivity contribution is -0.152. The van der Waals surface area contributed by atoms with E-state index in [9.17, 15) is 43.8 Å². The Morgan fingerprint density at radius 1 is 0.471 bits per heavy atom. The Hall–Kier alpha value is -6.15. The van der Waals surface area contributed by atoms with Gasteiger partial charge in [-0.2, -0.15) is 0 Å². The van der Waals surface area contributed by atoms with Gasteiger partial charge in [0.05, 0.1) is 19.1 Å². The summed E-state index contributed by atoms with van der Waals surface area (Å²) in [6.07, 6.45) is 9.81. The number of carbonyl (C=O) groups is 12.